The quantitative estimate of drug-likeness (QED) is 0.251. The van der Waals surface area contributed by atoms with Gasteiger partial charge in [0.05, 0.1) is 10.8 Å². The van der Waals surface area contributed by atoms with E-state index in [1.807, 2.05) is 0 Å². The third-order valence-electron chi connectivity index (χ3n) is 5.19. The summed E-state index contributed by atoms with van der Waals surface area (Å²) in [6.07, 6.45) is 0. The zero-order valence-electron chi connectivity index (χ0n) is 17.9. The second-order valence-electron chi connectivity index (χ2n) is 7.72. The smallest absolute Gasteiger partial charge is 0.0798 e. The highest BCUT2D eigenvalue weighted by molar-refractivity contribution is 7.78. The number of hydrogen-bond donors (Lipinski definition) is 0. The van der Waals surface area contributed by atoms with Crippen molar-refractivity contribution >= 4 is 23.1 Å². The molecular weight excluding hydrogens is 370 g/mol. The van der Waals surface area contributed by atoms with Gasteiger partial charge in [0.15, 0.2) is 0 Å². The monoisotopic (exact) mass is 395 g/mol. The van der Waals surface area contributed by atoms with Gasteiger partial charge in [-0.1, -0.05) is 29.5 Å². The average Bonchev–Trinajstić information content (AvgIpc) is 2.63. The summed E-state index contributed by atoms with van der Waals surface area (Å²) >= 11 is 4.78. The number of aliphatic imine (C=N–C) groups is 1. The fraction of sp³-hybridized carbons (Fsp3) is 0.222. The third kappa shape index (κ3) is 4.54. The standard InChI is InChI=1S/C27H25NS/c1-17-7-9-24(18(2)11-17)10-8-23-12-19(3)26(20(4)13-23)25-14-21(5)27(28-16-29)22(6)15-25/h7,9,11-15H,1-6H3. The van der Waals surface area contributed by atoms with Crippen LogP contribution in [0.1, 0.15) is 44.5 Å². The largest absolute Gasteiger partial charge is 0.194 e. The van der Waals surface area contributed by atoms with Crippen molar-refractivity contribution in [3.8, 4) is 23.0 Å². The molecule has 0 saturated heterocycles. The van der Waals surface area contributed by atoms with Crippen LogP contribution in [0.5, 0.6) is 0 Å². The second-order valence-corrected chi connectivity index (χ2v) is 7.90. The predicted octanol–water partition coefficient (Wildman–Crippen LogP) is 7.34. The van der Waals surface area contributed by atoms with E-state index in [-0.39, 0.29) is 0 Å². The number of aryl methyl sites for hydroxylation is 6. The Labute approximate surface area is 179 Å². The van der Waals surface area contributed by atoms with Gasteiger partial charge in [-0.3, -0.25) is 0 Å². The maximum atomic E-state index is 4.78. The van der Waals surface area contributed by atoms with E-state index >= 15 is 0 Å². The zero-order valence-corrected chi connectivity index (χ0v) is 18.7. The van der Waals surface area contributed by atoms with Crippen LogP contribution in [-0.4, -0.2) is 5.16 Å². The Morgan fingerprint density at radius 2 is 1.31 bits per heavy atom. The maximum Gasteiger partial charge on any atom is 0.0798 e. The summed E-state index contributed by atoms with van der Waals surface area (Å²) in [6, 6.07) is 15.1. The highest BCUT2D eigenvalue weighted by Crippen LogP contribution is 2.34. The molecule has 0 aliphatic carbocycles. The van der Waals surface area contributed by atoms with Gasteiger partial charge in [0.2, 0.25) is 0 Å². The first kappa shape index (κ1) is 20.7. The van der Waals surface area contributed by atoms with Gasteiger partial charge in [-0.05, 0) is 123 Å². The van der Waals surface area contributed by atoms with Crippen LogP contribution in [0.2, 0.25) is 0 Å². The second kappa shape index (κ2) is 8.58. The molecule has 0 unspecified atom stereocenters. The molecule has 3 aromatic rings. The Morgan fingerprint density at radius 3 is 1.86 bits per heavy atom. The van der Waals surface area contributed by atoms with Crippen LogP contribution in [0.15, 0.2) is 47.5 Å². The molecule has 0 radical (unpaired) electrons. The summed E-state index contributed by atoms with van der Waals surface area (Å²) in [6.45, 7) is 12.6. The zero-order chi connectivity index (χ0) is 21.1. The van der Waals surface area contributed by atoms with Crippen molar-refractivity contribution in [1.29, 1.82) is 0 Å². The molecule has 0 aliphatic rings. The van der Waals surface area contributed by atoms with E-state index in [0.29, 0.717) is 0 Å². The Hall–Kier alpha value is -2.98. The van der Waals surface area contributed by atoms with Crippen molar-refractivity contribution < 1.29 is 0 Å². The SMILES string of the molecule is Cc1ccc(C#Cc2cc(C)c(-c3cc(C)c(N=C=S)c(C)c3)c(C)c2)c(C)c1. The van der Waals surface area contributed by atoms with Gasteiger partial charge in [-0.15, -0.1) is 0 Å². The predicted molar refractivity (Wildman–Crippen MR) is 127 cm³/mol. The van der Waals surface area contributed by atoms with Crippen LogP contribution >= 0.6 is 12.2 Å². The van der Waals surface area contributed by atoms with Gasteiger partial charge < -0.3 is 0 Å². The van der Waals surface area contributed by atoms with E-state index in [1.165, 1.54) is 33.4 Å². The van der Waals surface area contributed by atoms with Crippen molar-refractivity contribution in [2.75, 3.05) is 0 Å². The molecule has 3 aromatic carbocycles. The van der Waals surface area contributed by atoms with E-state index in [0.717, 1.165) is 27.9 Å². The fourth-order valence-electron chi connectivity index (χ4n) is 3.91. The maximum absolute atomic E-state index is 4.78. The average molecular weight is 396 g/mol. The first-order chi connectivity index (χ1) is 13.8. The minimum atomic E-state index is 0.912. The number of hydrogen-bond acceptors (Lipinski definition) is 2. The molecule has 3 rings (SSSR count). The van der Waals surface area contributed by atoms with Crippen LogP contribution < -0.4 is 0 Å². The minimum Gasteiger partial charge on any atom is -0.194 e. The lowest BCUT2D eigenvalue weighted by atomic mass is 9.91. The first-order valence-electron chi connectivity index (χ1n) is 9.70. The molecule has 0 aromatic heterocycles. The molecule has 0 aliphatic heterocycles. The molecule has 0 heterocycles. The van der Waals surface area contributed by atoms with Gasteiger partial charge >= 0.3 is 0 Å². The van der Waals surface area contributed by atoms with E-state index in [9.17, 15) is 0 Å². The number of rotatable bonds is 2. The molecule has 0 fully saturated rings. The molecule has 0 amide bonds. The van der Waals surface area contributed by atoms with Crippen molar-refractivity contribution in [3.63, 3.8) is 0 Å². The Kier molecular flexibility index (Phi) is 6.14. The molecule has 144 valence electrons. The molecule has 0 atom stereocenters. The first-order valence-corrected chi connectivity index (χ1v) is 10.1. The Bertz CT molecular complexity index is 1170. The summed E-state index contributed by atoms with van der Waals surface area (Å²) in [7, 11) is 0. The molecule has 0 N–H and O–H groups in total. The van der Waals surface area contributed by atoms with Crippen LogP contribution in [0.25, 0.3) is 11.1 Å². The fourth-order valence-corrected chi connectivity index (χ4v) is 4.00. The van der Waals surface area contributed by atoms with E-state index in [2.05, 4.69) is 106 Å². The summed E-state index contributed by atoms with van der Waals surface area (Å²) in [5.74, 6) is 6.68. The number of benzene rings is 3. The molecule has 0 spiro atoms. The topological polar surface area (TPSA) is 12.4 Å². The van der Waals surface area contributed by atoms with E-state index in [4.69, 9.17) is 12.2 Å². The number of thiocarbonyl (C=S) groups is 1. The molecule has 1 nitrogen and oxygen atoms in total. The van der Waals surface area contributed by atoms with Crippen molar-refractivity contribution in [2.45, 2.75) is 41.5 Å². The molecule has 0 saturated carbocycles. The molecule has 2 heteroatoms. The van der Waals surface area contributed by atoms with Gasteiger partial charge in [0.1, 0.15) is 0 Å². The van der Waals surface area contributed by atoms with Gasteiger partial charge in [0.25, 0.3) is 0 Å². The van der Waals surface area contributed by atoms with Crippen LogP contribution in [0, 0.1) is 53.4 Å². The third-order valence-corrected chi connectivity index (χ3v) is 5.28. The summed E-state index contributed by atoms with van der Waals surface area (Å²) in [4.78, 5) is 4.21. The number of nitrogens with zero attached hydrogens (tertiary/aromatic N) is 1. The van der Waals surface area contributed by atoms with Crippen molar-refractivity contribution in [2.24, 2.45) is 4.99 Å². The molecule has 0 bridgehead atoms. The summed E-state index contributed by atoms with van der Waals surface area (Å²) < 4.78 is 0. The lowest BCUT2D eigenvalue weighted by Crippen LogP contribution is -1.93. The van der Waals surface area contributed by atoms with Gasteiger partial charge in [0, 0.05) is 11.1 Å². The molecule has 29 heavy (non-hydrogen) atoms. The van der Waals surface area contributed by atoms with Crippen LogP contribution in [-0.2, 0) is 0 Å². The highest BCUT2D eigenvalue weighted by atomic mass is 32.1. The van der Waals surface area contributed by atoms with Crippen LogP contribution in [0.3, 0.4) is 0 Å². The Balaban J connectivity index is 2.03. The lowest BCUT2D eigenvalue weighted by Gasteiger charge is -2.14. The summed E-state index contributed by atoms with van der Waals surface area (Å²) in [5, 5.41) is 2.48. The lowest BCUT2D eigenvalue weighted by molar-refractivity contribution is 1.31. The van der Waals surface area contributed by atoms with Gasteiger partial charge in [-0.2, -0.15) is 4.99 Å². The van der Waals surface area contributed by atoms with E-state index < -0.39 is 0 Å². The normalized spacial score (nSPS) is 10.1. The van der Waals surface area contributed by atoms with Gasteiger partial charge in [-0.25, -0.2) is 0 Å². The molecular formula is C27H25NS. The van der Waals surface area contributed by atoms with E-state index in [1.54, 1.807) is 0 Å². The minimum absolute atomic E-state index is 0.912. The van der Waals surface area contributed by atoms with Crippen LogP contribution in [0.4, 0.5) is 5.69 Å². The van der Waals surface area contributed by atoms with Crippen molar-refractivity contribution in [1.82, 2.24) is 0 Å². The Morgan fingerprint density at radius 1 is 0.690 bits per heavy atom. The van der Waals surface area contributed by atoms with Crippen molar-refractivity contribution in [3.05, 3.63) is 87.0 Å². The summed E-state index contributed by atoms with van der Waals surface area (Å²) in [5.41, 5.74) is 12.6. The highest BCUT2D eigenvalue weighted by Gasteiger charge is 2.11. The number of isothiocyanates is 1.